The van der Waals surface area contributed by atoms with Crippen LogP contribution in [0.15, 0.2) is 0 Å². The minimum Gasteiger partial charge on any atom is -0.299 e. The first-order valence-electron chi connectivity index (χ1n) is 6.08. The number of hydrogen-bond donors (Lipinski definition) is 0. The van der Waals surface area contributed by atoms with Crippen LogP contribution in [0.25, 0.3) is 0 Å². The van der Waals surface area contributed by atoms with Crippen LogP contribution >= 0.6 is 0 Å². The first-order valence-corrected chi connectivity index (χ1v) is 6.08. The molecule has 0 spiro atoms. The minimum atomic E-state index is 0.275. The Kier molecular flexibility index (Phi) is 4.15. The van der Waals surface area contributed by atoms with Crippen LogP contribution in [0.3, 0.4) is 0 Å². The molecule has 1 aliphatic rings. The Balaban J connectivity index is 2.54. The molecule has 1 aliphatic carbocycles. The van der Waals surface area contributed by atoms with Crippen molar-refractivity contribution in [2.75, 3.05) is 0 Å². The molecule has 1 heteroatoms. The maximum Gasteiger partial charge on any atom is 0.138 e. The van der Waals surface area contributed by atoms with Crippen LogP contribution in [0.5, 0.6) is 0 Å². The second kappa shape index (κ2) is 4.95. The summed E-state index contributed by atoms with van der Waals surface area (Å²) in [5.74, 6) is 2.65. The number of rotatable bonds is 3. The van der Waals surface area contributed by atoms with Crippen LogP contribution in [-0.2, 0) is 4.79 Å². The predicted octanol–water partition coefficient (Wildman–Crippen LogP) is 3.67. The Morgan fingerprint density at radius 1 is 1.21 bits per heavy atom. The summed E-state index contributed by atoms with van der Waals surface area (Å²) in [5, 5.41) is 0. The zero-order valence-corrected chi connectivity index (χ0v) is 10.0. The molecule has 1 nitrogen and oxygen atoms in total. The summed E-state index contributed by atoms with van der Waals surface area (Å²) in [6.45, 7) is 8.75. The molecular weight excluding hydrogens is 172 g/mol. The molecular formula is C13H24O. The summed E-state index contributed by atoms with van der Waals surface area (Å²) in [5.41, 5.74) is 0. The number of carbonyl (C=O) groups is 1. The molecule has 1 saturated carbocycles. The van der Waals surface area contributed by atoms with E-state index in [1.807, 2.05) is 0 Å². The largest absolute Gasteiger partial charge is 0.299 e. The van der Waals surface area contributed by atoms with Crippen LogP contribution in [0.1, 0.15) is 53.4 Å². The fraction of sp³-hybridized carbons (Fsp3) is 0.923. The molecule has 0 saturated heterocycles. The zero-order chi connectivity index (χ0) is 10.7. The van der Waals surface area contributed by atoms with Gasteiger partial charge < -0.3 is 0 Å². The van der Waals surface area contributed by atoms with Crippen LogP contribution in [0.4, 0.5) is 0 Å². The Labute approximate surface area is 88.3 Å². The van der Waals surface area contributed by atoms with Crippen molar-refractivity contribution >= 4 is 5.78 Å². The van der Waals surface area contributed by atoms with E-state index in [2.05, 4.69) is 27.7 Å². The molecule has 0 aromatic carbocycles. The highest BCUT2D eigenvalue weighted by atomic mass is 16.1. The Hall–Kier alpha value is -0.330. The van der Waals surface area contributed by atoms with Gasteiger partial charge in [-0.15, -0.1) is 0 Å². The lowest BCUT2D eigenvalue weighted by molar-refractivity contribution is -0.128. The van der Waals surface area contributed by atoms with E-state index in [-0.39, 0.29) is 5.92 Å². The Bertz CT molecular complexity index is 187. The monoisotopic (exact) mass is 196 g/mol. The summed E-state index contributed by atoms with van der Waals surface area (Å²) in [4.78, 5) is 12.0. The third kappa shape index (κ3) is 2.83. The van der Waals surface area contributed by atoms with E-state index in [0.717, 1.165) is 31.1 Å². The molecule has 0 amide bonds. The van der Waals surface area contributed by atoms with Crippen LogP contribution in [0, 0.1) is 23.7 Å². The second-order valence-electron chi connectivity index (χ2n) is 5.33. The van der Waals surface area contributed by atoms with Crippen molar-refractivity contribution in [1.82, 2.24) is 0 Å². The quantitative estimate of drug-likeness (QED) is 0.673. The van der Waals surface area contributed by atoms with Gasteiger partial charge in [-0.25, -0.2) is 0 Å². The molecule has 3 atom stereocenters. The van der Waals surface area contributed by atoms with Crippen molar-refractivity contribution in [2.24, 2.45) is 23.7 Å². The Morgan fingerprint density at radius 2 is 1.71 bits per heavy atom. The number of ketones is 1. The molecule has 0 bridgehead atoms. The highest BCUT2D eigenvalue weighted by Gasteiger charge is 2.30. The maximum absolute atomic E-state index is 12.0. The van der Waals surface area contributed by atoms with Crippen molar-refractivity contribution in [2.45, 2.75) is 53.4 Å². The van der Waals surface area contributed by atoms with E-state index in [9.17, 15) is 4.79 Å². The van der Waals surface area contributed by atoms with E-state index < -0.39 is 0 Å². The van der Waals surface area contributed by atoms with Gasteiger partial charge in [-0.3, -0.25) is 4.79 Å². The first kappa shape index (κ1) is 11.7. The molecule has 14 heavy (non-hydrogen) atoms. The summed E-state index contributed by atoms with van der Waals surface area (Å²) in [6, 6.07) is 0. The van der Waals surface area contributed by atoms with Gasteiger partial charge in [0.1, 0.15) is 5.78 Å². The SMILES string of the molecule is CCC(C)C(=O)C1CC(C)CC(C)C1. The second-order valence-corrected chi connectivity index (χ2v) is 5.33. The average Bonchev–Trinajstić information content (AvgIpc) is 2.14. The van der Waals surface area contributed by atoms with Gasteiger partial charge in [0.15, 0.2) is 0 Å². The number of carbonyl (C=O) groups excluding carboxylic acids is 1. The lowest BCUT2D eigenvalue weighted by Gasteiger charge is -2.31. The number of hydrogen-bond acceptors (Lipinski definition) is 1. The summed E-state index contributed by atoms with van der Waals surface area (Å²) < 4.78 is 0. The van der Waals surface area contributed by atoms with Gasteiger partial charge in [0.2, 0.25) is 0 Å². The molecule has 0 radical (unpaired) electrons. The standard InChI is InChI=1S/C13H24O/c1-5-11(4)13(14)12-7-9(2)6-10(3)8-12/h9-12H,5-8H2,1-4H3. The molecule has 0 aromatic heterocycles. The topological polar surface area (TPSA) is 17.1 Å². The summed E-state index contributed by atoms with van der Waals surface area (Å²) in [6.07, 6.45) is 4.57. The van der Waals surface area contributed by atoms with Gasteiger partial charge in [-0.2, -0.15) is 0 Å². The van der Waals surface area contributed by atoms with Crippen LogP contribution < -0.4 is 0 Å². The molecule has 0 heterocycles. The number of Topliss-reactive ketones (excluding diaryl/α,β-unsaturated/α-hetero) is 1. The molecule has 82 valence electrons. The fourth-order valence-corrected chi connectivity index (χ4v) is 2.78. The van der Waals surface area contributed by atoms with E-state index in [0.29, 0.717) is 11.7 Å². The van der Waals surface area contributed by atoms with Crippen LogP contribution in [0.2, 0.25) is 0 Å². The molecule has 3 unspecified atom stereocenters. The van der Waals surface area contributed by atoms with E-state index >= 15 is 0 Å². The fourth-order valence-electron chi connectivity index (χ4n) is 2.78. The predicted molar refractivity (Wildman–Crippen MR) is 60.1 cm³/mol. The molecule has 0 aromatic rings. The zero-order valence-electron chi connectivity index (χ0n) is 10.0. The highest BCUT2D eigenvalue weighted by molar-refractivity contribution is 5.83. The van der Waals surface area contributed by atoms with Gasteiger partial charge >= 0.3 is 0 Å². The molecule has 1 fully saturated rings. The van der Waals surface area contributed by atoms with Gasteiger partial charge in [-0.05, 0) is 37.5 Å². The minimum absolute atomic E-state index is 0.275. The first-order chi connectivity index (χ1) is 6.54. The molecule has 0 aliphatic heterocycles. The third-order valence-electron chi connectivity index (χ3n) is 3.68. The van der Waals surface area contributed by atoms with Crippen molar-refractivity contribution in [3.63, 3.8) is 0 Å². The van der Waals surface area contributed by atoms with E-state index in [1.54, 1.807) is 0 Å². The van der Waals surface area contributed by atoms with Crippen LogP contribution in [-0.4, -0.2) is 5.78 Å². The Morgan fingerprint density at radius 3 is 2.14 bits per heavy atom. The molecule has 1 rings (SSSR count). The van der Waals surface area contributed by atoms with E-state index in [4.69, 9.17) is 0 Å². The van der Waals surface area contributed by atoms with Gasteiger partial charge in [0.25, 0.3) is 0 Å². The summed E-state index contributed by atoms with van der Waals surface area (Å²) in [7, 11) is 0. The lowest BCUT2D eigenvalue weighted by atomic mass is 9.73. The molecule has 0 N–H and O–H groups in total. The van der Waals surface area contributed by atoms with Gasteiger partial charge in [0, 0.05) is 11.8 Å². The van der Waals surface area contributed by atoms with E-state index in [1.165, 1.54) is 6.42 Å². The smallest absolute Gasteiger partial charge is 0.138 e. The normalized spacial score (nSPS) is 35.3. The highest BCUT2D eigenvalue weighted by Crippen LogP contribution is 2.34. The lowest BCUT2D eigenvalue weighted by Crippen LogP contribution is -2.29. The average molecular weight is 196 g/mol. The van der Waals surface area contributed by atoms with Gasteiger partial charge in [-0.1, -0.05) is 27.7 Å². The van der Waals surface area contributed by atoms with Gasteiger partial charge in [0.05, 0.1) is 0 Å². The van der Waals surface area contributed by atoms with Crippen molar-refractivity contribution in [1.29, 1.82) is 0 Å². The third-order valence-corrected chi connectivity index (χ3v) is 3.68. The van der Waals surface area contributed by atoms with Crippen molar-refractivity contribution < 1.29 is 4.79 Å². The maximum atomic E-state index is 12.0. The van der Waals surface area contributed by atoms with Crippen molar-refractivity contribution in [3.8, 4) is 0 Å². The van der Waals surface area contributed by atoms with Crippen molar-refractivity contribution in [3.05, 3.63) is 0 Å². The summed E-state index contributed by atoms with van der Waals surface area (Å²) >= 11 is 0.